The minimum absolute atomic E-state index is 0.0257. The Labute approximate surface area is 64.6 Å². The minimum atomic E-state index is -0.0257. The van der Waals surface area contributed by atoms with E-state index >= 15 is 0 Å². The third kappa shape index (κ3) is 1.58. The van der Waals surface area contributed by atoms with E-state index in [1.807, 2.05) is 18.2 Å². The van der Waals surface area contributed by atoms with Gasteiger partial charge in [-0.15, -0.1) is 11.6 Å². The number of hydrogen-bond donors (Lipinski definition) is 0. The molecule has 1 aromatic carbocycles. The molecule has 0 atom stereocenters. The van der Waals surface area contributed by atoms with Crippen LogP contribution in [0.3, 0.4) is 0 Å². The van der Waals surface area contributed by atoms with E-state index in [0.717, 1.165) is 0 Å². The average molecular weight is 157 g/mol. The number of benzene rings is 1. The highest BCUT2D eigenvalue weighted by Crippen LogP contribution is 2.00. The second-order valence-corrected chi connectivity index (χ2v) is 2.19. The van der Waals surface area contributed by atoms with Crippen molar-refractivity contribution in [2.75, 3.05) is 5.88 Å². The molecular formula is C8H7ClO. The van der Waals surface area contributed by atoms with Crippen molar-refractivity contribution < 1.29 is 4.79 Å². The van der Waals surface area contributed by atoms with Gasteiger partial charge in [0.25, 0.3) is 0 Å². The zero-order valence-corrected chi connectivity index (χ0v) is 6.14. The Balaban J connectivity index is 2.85. The van der Waals surface area contributed by atoms with E-state index in [9.17, 15) is 4.79 Å². The van der Waals surface area contributed by atoms with Crippen molar-refractivity contribution >= 4 is 17.4 Å². The first-order valence-corrected chi connectivity index (χ1v) is 3.52. The molecule has 1 nitrogen and oxygen atoms in total. The quantitative estimate of drug-likeness (QED) is 0.474. The summed E-state index contributed by atoms with van der Waals surface area (Å²) in [6, 6.07) is 9.01. The Hall–Kier alpha value is -0.820. The SMILES string of the molecule is O=[14C](CCl)c1ccccc1. The number of rotatable bonds is 2. The van der Waals surface area contributed by atoms with Crippen molar-refractivity contribution in [1.29, 1.82) is 0 Å². The van der Waals surface area contributed by atoms with Gasteiger partial charge in [0.05, 0.1) is 5.88 Å². The lowest BCUT2D eigenvalue weighted by Crippen LogP contribution is -1.98. The molecule has 1 aromatic rings. The fourth-order valence-electron chi connectivity index (χ4n) is 0.701. The molecule has 0 aliphatic carbocycles. The molecule has 0 aliphatic rings. The number of carbonyl (C=O) groups is 1. The molecule has 0 fully saturated rings. The summed E-state index contributed by atoms with van der Waals surface area (Å²) in [5.41, 5.74) is 0.678. The van der Waals surface area contributed by atoms with E-state index < -0.39 is 0 Å². The molecule has 0 aliphatic heterocycles. The number of Topliss-reactive ketones (excluding diaryl/α,β-unsaturated/α-hetero) is 1. The van der Waals surface area contributed by atoms with Crippen LogP contribution in [0.2, 0.25) is 0 Å². The van der Waals surface area contributed by atoms with Gasteiger partial charge in [-0.3, -0.25) is 4.79 Å². The Morgan fingerprint density at radius 1 is 1.30 bits per heavy atom. The van der Waals surface area contributed by atoms with Crippen LogP contribution in [-0.2, 0) is 0 Å². The Morgan fingerprint density at radius 3 is 2.40 bits per heavy atom. The standard InChI is InChI=1S/C8H7ClO/c9-6-8(10)7-4-2-1-3-5-7/h1-5H,6H2/i8+2. The minimum Gasteiger partial charge on any atom is -0.293 e. The highest BCUT2D eigenvalue weighted by Gasteiger charge is 1.99. The van der Waals surface area contributed by atoms with Crippen LogP contribution in [0.25, 0.3) is 0 Å². The van der Waals surface area contributed by atoms with Crippen molar-refractivity contribution in [2.24, 2.45) is 0 Å². The normalized spacial score (nSPS) is 9.30. The molecule has 10 heavy (non-hydrogen) atoms. The van der Waals surface area contributed by atoms with Crippen LogP contribution < -0.4 is 0 Å². The Kier molecular flexibility index (Phi) is 2.46. The summed E-state index contributed by atoms with van der Waals surface area (Å²) in [5, 5.41) is 0. The van der Waals surface area contributed by atoms with Crippen molar-refractivity contribution in [3.05, 3.63) is 35.9 Å². The van der Waals surface area contributed by atoms with Gasteiger partial charge in [0.1, 0.15) is 0 Å². The molecule has 0 spiro atoms. The predicted molar refractivity (Wildman–Crippen MR) is 41.5 cm³/mol. The van der Waals surface area contributed by atoms with Gasteiger partial charge in [0.2, 0.25) is 0 Å². The molecule has 52 valence electrons. The van der Waals surface area contributed by atoms with E-state index in [0.29, 0.717) is 5.56 Å². The Morgan fingerprint density at radius 2 is 1.90 bits per heavy atom. The van der Waals surface area contributed by atoms with E-state index in [-0.39, 0.29) is 11.7 Å². The summed E-state index contributed by atoms with van der Waals surface area (Å²) in [6.45, 7) is 0. The zero-order valence-electron chi connectivity index (χ0n) is 5.38. The molecule has 0 saturated carbocycles. The number of halogens is 1. The summed E-state index contributed by atoms with van der Waals surface area (Å²) >= 11 is 5.34. The fraction of sp³-hybridized carbons (Fsp3) is 0.125. The van der Waals surface area contributed by atoms with E-state index in [4.69, 9.17) is 11.6 Å². The summed E-state index contributed by atoms with van der Waals surface area (Å²) in [6.07, 6.45) is 0. The third-order valence-corrected chi connectivity index (χ3v) is 1.46. The van der Waals surface area contributed by atoms with Gasteiger partial charge < -0.3 is 0 Å². The van der Waals surface area contributed by atoms with Crippen molar-refractivity contribution in [3.8, 4) is 0 Å². The second kappa shape index (κ2) is 3.37. The van der Waals surface area contributed by atoms with Crippen molar-refractivity contribution in [1.82, 2.24) is 0 Å². The van der Waals surface area contributed by atoms with Crippen molar-refractivity contribution in [2.45, 2.75) is 0 Å². The van der Waals surface area contributed by atoms with E-state index in [1.165, 1.54) is 0 Å². The molecule has 0 amide bonds. The lowest BCUT2D eigenvalue weighted by molar-refractivity contribution is 0.102. The van der Waals surface area contributed by atoms with Gasteiger partial charge in [0.15, 0.2) is 5.78 Å². The summed E-state index contributed by atoms with van der Waals surface area (Å²) in [7, 11) is 0. The number of carbonyl (C=O) groups excluding carboxylic acids is 1. The molecule has 0 heterocycles. The van der Waals surface area contributed by atoms with Crippen LogP contribution in [0, 0.1) is 0 Å². The Bertz CT molecular complexity index is 218. The van der Waals surface area contributed by atoms with Crippen LogP contribution in [-0.4, -0.2) is 11.7 Å². The first-order valence-electron chi connectivity index (χ1n) is 2.99. The first kappa shape index (κ1) is 7.29. The molecule has 1 rings (SSSR count). The van der Waals surface area contributed by atoms with Crippen LogP contribution in [0.5, 0.6) is 0 Å². The van der Waals surface area contributed by atoms with Gasteiger partial charge in [-0.25, -0.2) is 0 Å². The van der Waals surface area contributed by atoms with Crippen molar-refractivity contribution in [3.63, 3.8) is 0 Å². The molecular weight excluding hydrogens is 150 g/mol. The fourth-order valence-corrected chi connectivity index (χ4v) is 0.856. The summed E-state index contributed by atoms with van der Waals surface area (Å²) < 4.78 is 0. The third-order valence-electron chi connectivity index (χ3n) is 1.22. The molecule has 0 saturated heterocycles. The molecule has 0 radical (unpaired) electrons. The van der Waals surface area contributed by atoms with Crippen LogP contribution in [0.15, 0.2) is 30.3 Å². The predicted octanol–water partition coefficient (Wildman–Crippen LogP) is 2.11. The van der Waals surface area contributed by atoms with Crippen LogP contribution in [0.1, 0.15) is 10.4 Å². The maximum Gasteiger partial charge on any atom is 0.177 e. The summed E-state index contributed by atoms with van der Waals surface area (Å²) in [4.78, 5) is 10.9. The average Bonchev–Trinajstić information content (AvgIpc) is 2.05. The van der Waals surface area contributed by atoms with Gasteiger partial charge >= 0.3 is 0 Å². The lowest BCUT2D eigenvalue weighted by Gasteiger charge is -1.92. The van der Waals surface area contributed by atoms with Gasteiger partial charge in [-0.2, -0.15) is 0 Å². The highest BCUT2D eigenvalue weighted by molar-refractivity contribution is 6.30. The largest absolute Gasteiger partial charge is 0.293 e. The molecule has 0 aromatic heterocycles. The highest BCUT2D eigenvalue weighted by atomic mass is 35.5. The summed E-state index contributed by atoms with van der Waals surface area (Å²) in [5.74, 6) is 0.0339. The molecule has 0 unspecified atom stereocenters. The monoisotopic (exact) mass is 156 g/mol. The molecule has 0 bridgehead atoms. The van der Waals surface area contributed by atoms with E-state index in [1.54, 1.807) is 12.1 Å². The lowest BCUT2D eigenvalue weighted by atomic mass is 10.3. The van der Waals surface area contributed by atoms with Gasteiger partial charge in [-0.05, 0) is 0 Å². The van der Waals surface area contributed by atoms with Gasteiger partial charge in [0, 0.05) is 5.56 Å². The first-order chi connectivity index (χ1) is 4.84. The topological polar surface area (TPSA) is 17.1 Å². The van der Waals surface area contributed by atoms with E-state index in [2.05, 4.69) is 0 Å². The second-order valence-electron chi connectivity index (χ2n) is 1.92. The zero-order chi connectivity index (χ0) is 7.40. The van der Waals surface area contributed by atoms with Crippen LogP contribution in [0.4, 0.5) is 0 Å². The maximum atomic E-state index is 10.9. The van der Waals surface area contributed by atoms with Crippen LogP contribution >= 0.6 is 11.6 Å². The number of alkyl halides is 1. The number of hydrogen-bond acceptors (Lipinski definition) is 1. The maximum absolute atomic E-state index is 10.9. The number of ketones is 1. The smallest absolute Gasteiger partial charge is 0.177 e. The molecule has 0 N–H and O–H groups in total. The van der Waals surface area contributed by atoms with Gasteiger partial charge in [-0.1, -0.05) is 30.3 Å². The molecule has 2 heteroatoms.